The first-order chi connectivity index (χ1) is 5.59. The summed E-state index contributed by atoms with van der Waals surface area (Å²) in [6, 6.07) is 0.613. The minimum Gasteiger partial charge on any atom is -0.266 e. The van der Waals surface area contributed by atoms with E-state index in [2.05, 4.69) is 18.6 Å². The van der Waals surface area contributed by atoms with Crippen molar-refractivity contribution in [3.63, 3.8) is 0 Å². The van der Waals surface area contributed by atoms with Gasteiger partial charge in [-0.25, -0.2) is 0 Å². The molecular weight excluding hydrogens is 168 g/mol. The van der Waals surface area contributed by atoms with Gasteiger partial charge < -0.3 is 0 Å². The minimum absolute atomic E-state index is 0.339. The van der Waals surface area contributed by atoms with Gasteiger partial charge in [0.25, 0.3) is 0 Å². The van der Waals surface area contributed by atoms with Gasteiger partial charge in [0, 0.05) is 12.3 Å². The van der Waals surface area contributed by atoms with Crippen LogP contribution in [0.25, 0.3) is 0 Å². The lowest BCUT2D eigenvalue weighted by molar-refractivity contribution is 0.244. The predicted octanol–water partition coefficient (Wildman–Crippen LogP) is 2.33. The smallest absolute Gasteiger partial charge is 0.0182 e. The van der Waals surface area contributed by atoms with E-state index in [0.717, 1.165) is 11.8 Å². The fraction of sp³-hybridized carbons (Fsp3) is 1.00. The molecule has 1 aliphatic rings. The maximum atomic E-state index is 7.45. The number of rotatable bonds is 2. The first kappa shape index (κ1) is 10.2. The van der Waals surface area contributed by atoms with E-state index in [1.54, 1.807) is 0 Å². The lowest BCUT2D eigenvalue weighted by Crippen LogP contribution is -2.36. The van der Waals surface area contributed by atoms with Gasteiger partial charge in [0.1, 0.15) is 0 Å². The van der Waals surface area contributed by atoms with Crippen LogP contribution in [0.5, 0.6) is 0 Å². The van der Waals surface area contributed by atoms with Crippen LogP contribution in [0.4, 0.5) is 0 Å². The van der Waals surface area contributed by atoms with Crippen molar-refractivity contribution in [1.29, 1.82) is 4.78 Å². The van der Waals surface area contributed by atoms with E-state index in [9.17, 15) is 0 Å². The largest absolute Gasteiger partial charge is 0.266 e. The zero-order valence-corrected chi connectivity index (χ0v) is 9.08. The maximum absolute atomic E-state index is 7.45. The molecule has 0 spiro atoms. The number of hydrogen-bond donors (Lipinski definition) is 2. The highest BCUT2D eigenvalue weighted by atomic mass is 32.2. The van der Waals surface area contributed by atoms with Crippen molar-refractivity contribution in [3.8, 4) is 0 Å². The lowest BCUT2D eigenvalue weighted by Gasteiger charge is -2.32. The Balaban J connectivity index is 2.35. The first-order valence-electron chi connectivity index (χ1n) is 4.73. The molecule has 2 unspecified atom stereocenters. The Morgan fingerprint density at radius 1 is 1.25 bits per heavy atom. The molecule has 3 heteroatoms. The summed E-state index contributed by atoms with van der Waals surface area (Å²) in [5, 5.41) is 0. The highest BCUT2D eigenvalue weighted by molar-refractivity contribution is 7.83. The molecule has 1 fully saturated rings. The molecule has 0 aromatic rings. The predicted molar refractivity (Wildman–Crippen MR) is 55.1 cm³/mol. The molecule has 4 atom stereocenters. The van der Waals surface area contributed by atoms with Gasteiger partial charge in [-0.2, -0.15) is 0 Å². The van der Waals surface area contributed by atoms with Gasteiger partial charge in [-0.15, -0.1) is 0 Å². The molecule has 2 N–H and O–H groups in total. The van der Waals surface area contributed by atoms with Gasteiger partial charge in [-0.05, 0) is 42.0 Å². The summed E-state index contributed by atoms with van der Waals surface area (Å²) in [7, 11) is -0.339. The van der Waals surface area contributed by atoms with Crippen LogP contribution < -0.4 is 4.72 Å². The summed E-state index contributed by atoms with van der Waals surface area (Å²) >= 11 is 0. The van der Waals surface area contributed by atoms with E-state index in [1.807, 2.05) is 6.26 Å². The Hall–Kier alpha value is 0.110. The van der Waals surface area contributed by atoms with Gasteiger partial charge in [-0.3, -0.25) is 9.50 Å². The quantitative estimate of drug-likeness (QED) is 0.685. The van der Waals surface area contributed by atoms with E-state index < -0.39 is 0 Å². The van der Waals surface area contributed by atoms with E-state index >= 15 is 0 Å². The highest BCUT2D eigenvalue weighted by Gasteiger charge is 2.24. The molecule has 1 aliphatic carbocycles. The van der Waals surface area contributed by atoms with E-state index in [0.29, 0.717) is 6.04 Å². The van der Waals surface area contributed by atoms with Gasteiger partial charge in [-0.1, -0.05) is 13.8 Å². The molecule has 0 bridgehead atoms. The Labute approximate surface area is 78.2 Å². The molecule has 0 amide bonds. The molecule has 0 aromatic heterocycles. The van der Waals surface area contributed by atoms with E-state index in [4.69, 9.17) is 4.78 Å². The van der Waals surface area contributed by atoms with Crippen LogP contribution in [0.15, 0.2) is 0 Å². The lowest BCUT2D eigenvalue weighted by atomic mass is 9.79. The average molecular weight is 188 g/mol. The van der Waals surface area contributed by atoms with Gasteiger partial charge in [0.2, 0.25) is 0 Å². The number of nitrogens with one attached hydrogen (secondary N) is 2. The van der Waals surface area contributed by atoms with Crippen LogP contribution in [-0.4, -0.2) is 12.3 Å². The summed E-state index contributed by atoms with van der Waals surface area (Å²) in [4.78, 5) is 0. The zero-order valence-electron chi connectivity index (χ0n) is 8.26. The Morgan fingerprint density at radius 3 is 2.42 bits per heavy atom. The highest BCUT2D eigenvalue weighted by Crippen LogP contribution is 2.29. The fourth-order valence-electron chi connectivity index (χ4n) is 1.90. The standard InChI is InChI=1S/C9H20N2S/c1-7-4-5-9(6-8(7)2)11-12(3)10/h7-9H,4-6H2,1-3H3,(H2,10,11)/t7-,8?,9?,12+/m1/s1. The Kier molecular flexibility index (Phi) is 3.72. The summed E-state index contributed by atoms with van der Waals surface area (Å²) in [5.74, 6) is 1.72. The second kappa shape index (κ2) is 4.38. The molecule has 0 heterocycles. The first-order valence-corrected chi connectivity index (χ1v) is 6.36. The summed E-state index contributed by atoms with van der Waals surface area (Å²) in [5.41, 5.74) is 0. The Morgan fingerprint density at radius 2 is 1.92 bits per heavy atom. The third-order valence-electron chi connectivity index (χ3n) is 2.94. The zero-order chi connectivity index (χ0) is 9.14. The SMILES string of the molecule is CC1CC(N[S@@](C)=N)CC[C@H]1C. The normalized spacial score (nSPS) is 39.4. The number of hydrogen-bond acceptors (Lipinski definition) is 1. The summed E-state index contributed by atoms with van der Waals surface area (Å²) in [6.07, 6.45) is 5.79. The average Bonchev–Trinajstić information content (AvgIpc) is 1.96. The van der Waals surface area contributed by atoms with Crippen molar-refractivity contribution in [2.24, 2.45) is 11.8 Å². The van der Waals surface area contributed by atoms with Crippen LogP contribution in [0.1, 0.15) is 33.1 Å². The van der Waals surface area contributed by atoms with Crippen LogP contribution >= 0.6 is 0 Å². The van der Waals surface area contributed by atoms with Crippen molar-refractivity contribution in [2.75, 3.05) is 6.26 Å². The molecule has 0 saturated heterocycles. The monoisotopic (exact) mass is 188 g/mol. The van der Waals surface area contributed by atoms with Gasteiger partial charge in [0.15, 0.2) is 0 Å². The topological polar surface area (TPSA) is 35.9 Å². The molecule has 1 saturated carbocycles. The maximum Gasteiger partial charge on any atom is 0.0182 e. The third kappa shape index (κ3) is 2.87. The third-order valence-corrected chi connectivity index (χ3v) is 3.63. The molecular formula is C9H20N2S. The van der Waals surface area contributed by atoms with Crippen molar-refractivity contribution >= 4 is 10.9 Å². The van der Waals surface area contributed by atoms with Crippen LogP contribution in [0.3, 0.4) is 0 Å². The summed E-state index contributed by atoms with van der Waals surface area (Å²) in [6.45, 7) is 4.67. The fourth-order valence-corrected chi connectivity index (χ4v) is 2.62. The van der Waals surface area contributed by atoms with E-state index in [1.165, 1.54) is 19.3 Å². The molecule has 2 nitrogen and oxygen atoms in total. The van der Waals surface area contributed by atoms with Gasteiger partial charge in [0.05, 0.1) is 0 Å². The Bertz CT molecular complexity index is 170. The van der Waals surface area contributed by atoms with E-state index in [-0.39, 0.29) is 10.9 Å². The van der Waals surface area contributed by atoms with Crippen molar-refractivity contribution in [2.45, 2.75) is 39.2 Å². The molecule has 72 valence electrons. The second-order valence-electron chi connectivity index (χ2n) is 4.09. The van der Waals surface area contributed by atoms with Gasteiger partial charge >= 0.3 is 0 Å². The van der Waals surface area contributed by atoms with Crippen molar-refractivity contribution in [3.05, 3.63) is 0 Å². The second-order valence-corrected chi connectivity index (χ2v) is 5.35. The molecule has 1 rings (SSSR count). The molecule has 0 radical (unpaired) electrons. The molecule has 0 aliphatic heterocycles. The molecule has 0 aromatic carbocycles. The van der Waals surface area contributed by atoms with Crippen molar-refractivity contribution < 1.29 is 0 Å². The van der Waals surface area contributed by atoms with Crippen molar-refractivity contribution in [1.82, 2.24) is 4.72 Å². The summed E-state index contributed by atoms with van der Waals surface area (Å²) < 4.78 is 10.8. The van der Waals surface area contributed by atoms with Crippen LogP contribution in [-0.2, 0) is 10.9 Å². The molecule has 12 heavy (non-hydrogen) atoms. The minimum atomic E-state index is -0.339. The van der Waals surface area contributed by atoms with Crippen LogP contribution in [0, 0.1) is 16.6 Å². The van der Waals surface area contributed by atoms with Crippen LogP contribution in [0.2, 0.25) is 0 Å².